The molecule has 7 heteroatoms. The number of rotatable bonds is 2. The maximum Gasteiger partial charge on any atom is 0.257 e. The Kier molecular flexibility index (Phi) is 4.17. The second-order valence-corrected chi connectivity index (χ2v) is 6.58. The van der Waals surface area contributed by atoms with Crippen LogP contribution in [0.1, 0.15) is 52.1 Å². The molecule has 1 aliphatic carbocycles. The van der Waals surface area contributed by atoms with Crippen LogP contribution in [0.3, 0.4) is 0 Å². The monoisotopic (exact) mass is 342 g/mol. The molecule has 132 valence electrons. The number of aromatic nitrogens is 2. The summed E-state index contributed by atoms with van der Waals surface area (Å²) in [5.41, 5.74) is 8.33. The number of morpholine rings is 1. The third-order valence-electron chi connectivity index (χ3n) is 4.98. The van der Waals surface area contributed by atoms with E-state index in [2.05, 4.69) is 9.97 Å². The lowest BCUT2D eigenvalue weighted by Crippen LogP contribution is -2.43. The average Bonchev–Trinajstić information content (AvgIpc) is 2.97. The van der Waals surface area contributed by atoms with Crippen molar-refractivity contribution in [3.8, 4) is 0 Å². The van der Waals surface area contributed by atoms with Crippen molar-refractivity contribution < 1.29 is 13.9 Å². The molecule has 4 rings (SSSR count). The average molecular weight is 342 g/mol. The summed E-state index contributed by atoms with van der Waals surface area (Å²) >= 11 is 0. The third-order valence-corrected chi connectivity index (χ3v) is 4.98. The van der Waals surface area contributed by atoms with Crippen LogP contribution < -0.4 is 5.73 Å². The fourth-order valence-corrected chi connectivity index (χ4v) is 3.75. The second kappa shape index (κ2) is 6.48. The third kappa shape index (κ3) is 2.89. The normalized spacial score (nSPS) is 20.4. The van der Waals surface area contributed by atoms with Gasteiger partial charge in [0.2, 0.25) is 0 Å². The van der Waals surface area contributed by atoms with E-state index < -0.39 is 0 Å². The lowest BCUT2D eigenvalue weighted by Gasteiger charge is -2.33. The van der Waals surface area contributed by atoms with Crippen LogP contribution in [0.4, 0.5) is 5.82 Å². The smallest absolute Gasteiger partial charge is 0.257 e. The van der Waals surface area contributed by atoms with Crippen molar-refractivity contribution in [2.45, 2.75) is 38.7 Å². The number of nitrogens with zero attached hydrogens (tertiary/aromatic N) is 3. The Hall–Kier alpha value is -2.41. The van der Waals surface area contributed by atoms with E-state index in [9.17, 15) is 4.79 Å². The van der Waals surface area contributed by atoms with E-state index in [-0.39, 0.29) is 12.0 Å². The van der Waals surface area contributed by atoms with Gasteiger partial charge in [0.1, 0.15) is 29.1 Å². The van der Waals surface area contributed by atoms with Gasteiger partial charge in [0.15, 0.2) is 0 Å². The molecule has 2 aromatic heterocycles. The van der Waals surface area contributed by atoms with Crippen LogP contribution in [0.5, 0.6) is 0 Å². The Bertz CT molecular complexity index is 802. The van der Waals surface area contributed by atoms with Gasteiger partial charge in [0, 0.05) is 30.9 Å². The standard InChI is InChI=1S/C18H22N4O3/c1-11-15(12-4-2-3-5-13(12)25-11)18(23)22-8-9-24-14(10-22)16-17(19)21-7-6-20-16/h6-7,14H,2-5,8-10H2,1H3,(H2,19,21). The van der Waals surface area contributed by atoms with Crippen LogP contribution in [0.15, 0.2) is 16.8 Å². The Balaban J connectivity index is 1.59. The quantitative estimate of drug-likeness (QED) is 0.897. The molecule has 1 saturated heterocycles. The molecule has 0 aromatic carbocycles. The van der Waals surface area contributed by atoms with Crippen molar-refractivity contribution in [1.29, 1.82) is 0 Å². The molecular formula is C18H22N4O3. The van der Waals surface area contributed by atoms with Crippen LogP contribution in [0.2, 0.25) is 0 Å². The van der Waals surface area contributed by atoms with Crippen LogP contribution >= 0.6 is 0 Å². The molecule has 2 N–H and O–H groups in total. The Morgan fingerprint density at radius 2 is 2.08 bits per heavy atom. The highest BCUT2D eigenvalue weighted by molar-refractivity contribution is 5.97. The second-order valence-electron chi connectivity index (χ2n) is 6.58. The molecule has 1 fully saturated rings. The summed E-state index contributed by atoms with van der Waals surface area (Å²) in [6.07, 6.45) is 6.85. The molecule has 25 heavy (non-hydrogen) atoms. The first-order chi connectivity index (χ1) is 12.1. The number of nitrogens with two attached hydrogens (primary N) is 1. The first-order valence-corrected chi connectivity index (χ1v) is 8.73. The highest BCUT2D eigenvalue weighted by Gasteiger charge is 2.32. The molecule has 0 bridgehead atoms. The fourth-order valence-electron chi connectivity index (χ4n) is 3.75. The largest absolute Gasteiger partial charge is 0.465 e. The Morgan fingerprint density at radius 3 is 2.92 bits per heavy atom. The first kappa shape index (κ1) is 16.1. The molecule has 1 atom stereocenters. The molecule has 1 amide bonds. The molecule has 1 unspecified atom stereocenters. The van der Waals surface area contributed by atoms with Gasteiger partial charge in [-0.15, -0.1) is 0 Å². The number of fused-ring (bicyclic) bond motifs is 1. The number of hydrogen-bond acceptors (Lipinski definition) is 6. The van der Waals surface area contributed by atoms with E-state index in [1.54, 1.807) is 12.4 Å². The number of carbonyl (C=O) groups excluding carboxylic acids is 1. The van der Waals surface area contributed by atoms with E-state index in [4.69, 9.17) is 14.9 Å². The minimum atomic E-state index is -0.352. The Labute approximate surface area is 146 Å². The van der Waals surface area contributed by atoms with E-state index in [1.165, 1.54) is 0 Å². The summed E-state index contributed by atoms with van der Waals surface area (Å²) < 4.78 is 11.6. The molecule has 2 aromatic rings. The highest BCUT2D eigenvalue weighted by atomic mass is 16.5. The SMILES string of the molecule is Cc1oc2c(c1C(=O)N1CCOC(c3nccnc3N)C1)CCCC2. The topological polar surface area (TPSA) is 94.5 Å². The van der Waals surface area contributed by atoms with Gasteiger partial charge in [0.25, 0.3) is 5.91 Å². The van der Waals surface area contributed by atoms with Crippen molar-refractivity contribution in [2.24, 2.45) is 0 Å². The molecule has 2 aliphatic rings. The fraction of sp³-hybridized carbons (Fsp3) is 0.500. The van der Waals surface area contributed by atoms with Gasteiger partial charge < -0.3 is 19.8 Å². The van der Waals surface area contributed by atoms with Gasteiger partial charge in [-0.25, -0.2) is 4.98 Å². The van der Waals surface area contributed by atoms with Crippen molar-refractivity contribution >= 4 is 11.7 Å². The predicted octanol–water partition coefficient (Wildman–Crippen LogP) is 2.05. The van der Waals surface area contributed by atoms with Gasteiger partial charge >= 0.3 is 0 Å². The molecule has 3 heterocycles. The number of carbonyl (C=O) groups is 1. The number of nitrogen functional groups attached to an aromatic ring is 1. The molecule has 0 radical (unpaired) electrons. The molecular weight excluding hydrogens is 320 g/mol. The molecule has 0 saturated carbocycles. The van der Waals surface area contributed by atoms with Gasteiger partial charge in [0.05, 0.1) is 18.7 Å². The zero-order chi connectivity index (χ0) is 17.4. The Morgan fingerprint density at radius 1 is 1.28 bits per heavy atom. The minimum Gasteiger partial charge on any atom is -0.465 e. The summed E-state index contributed by atoms with van der Waals surface area (Å²) in [6.45, 7) is 3.30. The summed E-state index contributed by atoms with van der Waals surface area (Å²) in [6, 6.07) is 0. The van der Waals surface area contributed by atoms with Crippen molar-refractivity contribution in [2.75, 3.05) is 25.4 Å². The van der Waals surface area contributed by atoms with Gasteiger partial charge in [-0.2, -0.15) is 0 Å². The van der Waals surface area contributed by atoms with Crippen molar-refractivity contribution in [1.82, 2.24) is 14.9 Å². The van der Waals surface area contributed by atoms with E-state index in [1.807, 2.05) is 11.8 Å². The number of hydrogen-bond donors (Lipinski definition) is 1. The van der Waals surface area contributed by atoms with Gasteiger partial charge in [-0.3, -0.25) is 9.78 Å². The number of ether oxygens (including phenoxy) is 1. The van der Waals surface area contributed by atoms with E-state index >= 15 is 0 Å². The molecule has 7 nitrogen and oxygen atoms in total. The first-order valence-electron chi connectivity index (χ1n) is 8.73. The minimum absolute atomic E-state index is 0.0140. The maximum absolute atomic E-state index is 13.2. The van der Waals surface area contributed by atoms with Gasteiger partial charge in [-0.1, -0.05) is 0 Å². The van der Waals surface area contributed by atoms with Crippen molar-refractivity contribution in [3.05, 3.63) is 40.7 Å². The number of anilines is 1. The van der Waals surface area contributed by atoms with Crippen LogP contribution in [0.25, 0.3) is 0 Å². The lowest BCUT2D eigenvalue weighted by atomic mass is 9.94. The molecule has 1 aliphatic heterocycles. The number of aryl methyl sites for hydroxylation is 2. The van der Waals surface area contributed by atoms with Crippen LogP contribution in [-0.4, -0.2) is 40.5 Å². The van der Waals surface area contributed by atoms with Crippen LogP contribution in [0, 0.1) is 6.92 Å². The summed E-state index contributed by atoms with van der Waals surface area (Å²) in [5.74, 6) is 2.06. The van der Waals surface area contributed by atoms with E-state index in [0.29, 0.717) is 31.2 Å². The van der Waals surface area contributed by atoms with Crippen molar-refractivity contribution in [3.63, 3.8) is 0 Å². The lowest BCUT2D eigenvalue weighted by molar-refractivity contribution is -0.0245. The van der Waals surface area contributed by atoms with Crippen LogP contribution in [-0.2, 0) is 17.6 Å². The number of amides is 1. The zero-order valence-corrected chi connectivity index (χ0v) is 14.3. The maximum atomic E-state index is 13.2. The van der Waals surface area contributed by atoms with Gasteiger partial charge in [-0.05, 0) is 26.2 Å². The zero-order valence-electron chi connectivity index (χ0n) is 14.3. The summed E-state index contributed by atoms with van der Waals surface area (Å²) in [5, 5.41) is 0. The van der Waals surface area contributed by atoms with E-state index in [0.717, 1.165) is 48.3 Å². The number of furan rings is 1. The molecule has 0 spiro atoms. The summed E-state index contributed by atoms with van der Waals surface area (Å²) in [4.78, 5) is 23.3. The predicted molar refractivity (Wildman–Crippen MR) is 91.1 cm³/mol. The highest BCUT2D eigenvalue weighted by Crippen LogP contribution is 2.32. The summed E-state index contributed by atoms with van der Waals surface area (Å²) in [7, 11) is 0.